The maximum atomic E-state index is 5.62. The van der Waals surface area contributed by atoms with Crippen molar-refractivity contribution in [2.24, 2.45) is 11.8 Å². The largest absolute Gasteiger partial charge is 0.478 e. The Labute approximate surface area is 117 Å². The van der Waals surface area contributed by atoms with Gasteiger partial charge < -0.3 is 10.1 Å². The van der Waals surface area contributed by atoms with Crippen LogP contribution in [0.5, 0.6) is 5.88 Å². The summed E-state index contributed by atoms with van der Waals surface area (Å²) in [6.45, 7) is 11.6. The molecule has 0 aromatic carbocycles. The van der Waals surface area contributed by atoms with Crippen molar-refractivity contribution in [2.75, 3.05) is 13.2 Å². The Morgan fingerprint density at radius 3 is 2.53 bits per heavy atom. The molecule has 0 radical (unpaired) electrons. The molecule has 0 aliphatic rings. The van der Waals surface area contributed by atoms with Crippen molar-refractivity contribution in [1.82, 2.24) is 10.3 Å². The van der Waals surface area contributed by atoms with Crippen LogP contribution in [0.2, 0.25) is 0 Å². The number of pyridine rings is 1. The molecule has 0 bridgehead atoms. The molecule has 108 valence electrons. The van der Waals surface area contributed by atoms with Crippen LogP contribution in [-0.4, -0.2) is 18.1 Å². The Balaban J connectivity index is 2.23. The van der Waals surface area contributed by atoms with Crippen LogP contribution < -0.4 is 10.1 Å². The van der Waals surface area contributed by atoms with E-state index in [1.54, 1.807) is 0 Å². The van der Waals surface area contributed by atoms with E-state index in [9.17, 15) is 0 Å². The molecule has 1 aromatic heterocycles. The summed E-state index contributed by atoms with van der Waals surface area (Å²) in [4.78, 5) is 4.33. The van der Waals surface area contributed by atoms with E-state index in [2.05, 4.69) is 44.1 Å². The van der Waals surface area contributed by atoms with E-state index < -0.39 is 0 Å². The van der Waals surface area contributed by atoms with Crippen LogP contribution in [0.4, 0.5) is 0 Å². The predicted molar refractivity (Wildman–Crippen MR) is 80.3 cm³/mol. The van der Waals surface area contributed by atoms with Crippen molar-refractivity contribution in [1.29, 1.82) is 0 Å². The molecule has 1 rings (SSSR count). The van der Waals surface area contributed by atoms with E-state index >= 15 is 0 Å². The Bertz CT molecular complexity index is 333. The van der Waals surface area contributed by atoms with E-state index in [-0.39, 0.29) is 0 Å². The summed E-state index contributed by atoms with van der Waals surface area (Å²) in [5.74, 6) is 2.15. The fourth-order valence-electron chi connectivity index (χ4n) is 1.77. The average molecular weight is 264 g/mol. The molecule has 19 heavy (non-hydrogen) atoms. The van der Waals surface area contributed by atoms with Crippen molar-refractivity contribution >= 4 is 0 Å². The number of hydrogen-bond donors (Lipinski definition) is 1. The molecule has 0 unspecified atom stereocenters. The Morgan fingerprint density at radius 1 is 1.16 bits per heavy atom. The van der Waals surface area contributed by atoms with Crippen molar-refractivity contribution in [3.63, 3.8) is 0 Å². The van der Waals surface area contributed by atoms with Crippen molar-refractivity contribution in [3.05, 3.63) is 23.9 Å². The molecule has 0 aliphatic heterocycles. The third-order valence-corrected chi connectivity index (χ3v) is 2.86. The fourth-order valence-corrected chi connectivity index (χ4v) is 1.77. The smallest absolute Gasteiger partial charge is 0.213 e. The number of hydrogen-bond acceptors (Lipinski definition) is 3. The van der Waals surface area contributed by atoms with Gasteiger partial charge in [-0.15, -0.1) is 0 Å². The first-order valence-corrected chi connectivity index (χ1v) is 7.36. The van der Waals surface area contributed by atoms with Crippen LogP contribution in [0.3, 0.4) is 0 Å². The number of ether oxygens (including phenoxy) is 1. The highest BCUT2D eigenvalue weighted by atomic mass is 16.5. The van der Waals surface area contributed by atoms with Gasteiger partial charge in [0.05, 0.1) is 6.61 Å². The predicted octanol–water partition coefficient (Wildman–Crippen LogP) is 3.64. The molecule has 0 atom stereocenters. The number of rotatable bonds is 9. The number of aromatic nitrogens is 1. The van der Waals surface area contributed by atoms with E-state index in [0.717, 1.165) is 37.9 Å². The second kappa shape index (κ2) is 8.92. The normalized spacial score (nSPS) is 11.3. The van der Waals surface area contributed by atoms with E-state index in [4.69, 9.17) is 4.74 Å². The summed E-state index contributed by atoms with van der Waals surface area (Å²) in [7, 11) is 0. The summed E-state index contributed by atoms with van der Waals surface area (Å²) in [5, 5.41) is 3.40. The maximum absolute atomic E-state index is 5.62. The van der Waals surface area contributed by atoms with Crippen LogP contribution in [0.25, 0.3) is 0 Å². The van der Waals surface area contributed by atoms with Crippen molar-refractivity contribution < 1.29 is 4.74 Å². The lowest BCUT2D eigenvalue weighted by Gasteiger charge is -2.09. The first-order chi connectivity index (χ1) is 9.08. The molecule has 0 spiro atoms. The zero-order valence-electron chi connectivity index (χ0n) is 12.8. The molecule has 0 aliphatic carbocycles. The minimum atomic E-state index is 0.677. The molecule has 0 fully saturated rings. The van der Waals surface area contributed by atoms with Crippen LogP contribution in [0, 0.1) is 11.8 Å². The second-order valence-corrected chi connectivity index (χ2v) is 5.91. The van der Waals surface area contributed by atoms with Crippen LogP contribution >= 0.6 is 0 Å². The fraction of sp³-hybridized carbons (Fsp3) is 0.688. The lowest BCUT2D eigenvalue weighted by Crippen LogP contribution is -2.19. The van der Waals surface area contributed by atoms with Gasteiger partial charge in [0.2, 0.25) is 5.88 Å². The monoisotopic (exact) mass is 264 g/mol. The highest BCUT2D eigenvalue weighted by Gasteiger charge is 1.99. The number of nitrogens with zero attached hydrogens (tertiary/aromatic N) is 1. The Kier molecular flexibility index (Phi) is 7.49. The third kappa shape index (κ3) is 7.83. The summed E-state index contributed by atoms with van der Waals surface area (Å²) < 4.78 is 5.62. The second-order valence-electron chi connectivity index (χ2n) is 5.91. The molecule has 3 heteroatoms. The van der Waals surface area contributed by atoms with Gasteiger partial charge in [-0.3, -0.25) is 0 Å². The van der Waals surface area contributed by atoms with Gasteiger partial charge in [0, 0.05) is 18.8 Å². The standard InChI is InChI=1S/C16H28N2O/c1-13(2)6-5-9-19-16-8-7-15(12-18-16)11-17-10-14(3)4/h7-8,12-14,17H,5-6,9-11H2,1-4H3. The zero-order chi connectivity index (χ0) is 14.1. The third-order valence-electron chi connectivity index (χ3n) is 2.86. The van der Waals surface area contributed by atoms with Gasteiger partial charge >= 0.3 is 0 Å². The van der Waals surface area contributed by atoms with Crippen LogP contribution in [0.1, 0.15) is 46.1 Å². The SMILES string of the molecule is CC(C)CCCOc1ccc(CNCC(C)C)cn1. The molecule has 1 aromatic rings. The van der Waals surface area contributed by atoms with Crippen molar-refractivity contribution in [2.45, 2.75) is 47.1 Å². The molecule has 0 saturated heterocycles. The van der Waals surface area contributed by atoms with Crippen LogP contribution in [0.15, 0.2) is 18.3 Å². The summed E-state index contributed by atoms with van der Waals surface area (Å²) in [5.41, 5.74) is 1.20. The van der Waals surface area contributed by atoms with E-state index in [1.807, 2.05) is 12.3 Å². The molecule has 0 amide bonds. The topological polar surface area (TPSA) is 34.1 Å². The minimum Gasteiger partial charge on any atom is -0.478 e. The molecule has 1 N–H and O–H groups in total. The number of nitrogens with one attached hydrogen (secondary N) is 1. The van der Waals surface area contributed by atoms with Crippen LogP contribution in [-0.2, 0) is 6.54 Å². The van der Waals surface area contributed by atoms with Gasteiger partial charge in [-0.1, -0.05) is 33.8 Å². The minimum absolute atomic E-state index is 0.677. The molecule has 0 saturated carbocycles. The first-order valence-electron chi connectivity index (χ1n) is 7.36. The maximum Gasteiger partial charge on any atom is 0.213 e. The molecular formula is C16H28N2O. The van der Waals surface area contributed by atoms with Gasteiger partial charge in [-0.05, 0) is 36.8 Å². The lowest BCUT2D eigenvalue weighted by atomic mass is 10.1. The highest BCUT2D eigenvalue weighted by Crippen LogP contribution is 2.09. The van der Waals surface area contributed by atoms with E-state index in [1.165, 1.54) is 12.0 Å². The highest BCUT2D eigenvalue weighted by molar-refractivity contribution is 5.17. The quantitative estimate of drug-likeness (QED) is 0.691. The lowest BCUT2D eigenvalue weighted by molar-refractivity contribution is 0.287. The van der Waals surface area contributed by atoms with Gasteiger partial charge in [-0.25, -0.2) is 4.98 Å². The van der Waals surface area contributed by atoms with Gasteiger partial charge in [0.1, 0.15) is 0 Å². The summed E-state index contributed by atoms with van der Waals surface area (Å²) in [6, 6.07) is 4.04. The van der Waals surface area contributed by atoms with E-state index in [0.29, 0.717) is 5.92 Å². The summed E-state index contributed by atoms with van der Waals surface area (Å²) in [6.07, 6.45) is 4.19. The zero-order valence-corrected chi connectivity index (χ0v) is 12.8. The van der Waals surface area contributed by atoms with Crippen molar-refractivity contribution in [3.8, 4) is 5.88 Å². The van der Waals surface area contributed by atoms with Gasteiger partial charge in [0.25, 0.3) is 0 Å². The molecular weight excluding hydrogens is 236 g/mol. The molecule has 3 nitrogen and oxygen atoms in total. The summed E-state index contributed by atoms with van der Waals surface area (Å²) >= 11 is 0. The van der Waals surface area contributed by atoms with Gasteiger partial charge in [0.15, 0.2) is 0 Å². The van der Waals surface area contributed by atoms with Gasteiger partial charge in [-0.2, -0.15) is 0 Å². The molecule has 1 heterocycles. The Morgan fingerprint density at radius 2 is 1.95 bits per heavy atom. The Hall–Kier alpha value is -1.09. The first kappa shape index (κ1) is 16.0. The average Bonchev–Trinajstić information content (AvgIpc) is 2.36.